The average Bonchev–Trinajstić information content (AvgIpc) is 3.21. The standard InChI is InChI=1S/C29H25ClN2O6/c1-4-12-38-20-7-5-6-18(13-20)26-25(27(33)21-14-22(30)24(37-3)15-23(21)36-2)28(34)29(35)32(26)19-10-8-17(16-31)9-11-19/h5-11,13-15,26,33H,4,12H2,1-3H3/b27-25+. The van der Waals surface area contributed by atoms with Crippen LogP contribution in [0.5, 0.6) is 17.2 Å². The highest BCUT2D eigenvalue weighted by Gasteiger charge is 2.47. The fourth-order valence-corrected chi connectivity index (χ4v) is 4.54. The summed E-state index contributed by atoms with van der Waals surface area (Å²) in [6.45, 7) is 2.47. The summed E-state index contributed by atoms with van der Waals surface area (Å²) in [4.78, 5) is 28.2. The Balaban J connectivity index is 1.96. The minimum atomic E-state index is -1.00. The van der Waals surface area contributed by atoms with E-state index in [9.17, 15) is 20.0 Å². The van der Waals surface area contributed by atoms with Crippen LogP contribution >= 0.6 is 11.6 Å². The summed E-state index contributed by atoms with van der Waals surface area (Å²) >= 11 is 6.33. The molecule has 0 bridgehead atoms. The van der Waals surface area contributed by atoms with E-state index >= 15 is 0 Å². The lowest BCUT2D eigenvalue weighted by molar-refractivity contribution is -0.132. The van der Waals surface area contributed by atoms with E-state index in [2.05, 4.69) is 0 Å². The lowest BCUT2D eigenvalue weighted by Crippen LogP contribution is -2.29. The van der Waals surface area contributed by atoms with Crippen LogP contribution in [-0.2, 0) is 9.59 Å². The Labute approximate surface area is 225 Å². The Morgan fingerprint density at radius 1 is 1.05 bits per heavy atom. The Hall–Kier alpha value is -4.48. The van der Waals surface area contributed by atoms with Gasteiger partial charge in [0.15, 0.2) is 0 Å². The molecule has 0 aliphatic carbocycles. The largest absolute Gasteiger partial charge is 0.507 e. The number of methoxy groups -OCH3 is 2. The SMILES string of the molecule is CCCOc1cccc(C2/C(=C(\O)c3cc(Cl)c(OC)cc3OC)C(=O)C(=O)N2c2ccc(C#N)cc2)c1. The van der Waals surface area contributed by atoms with E-state index in [1.165, 1.54) is 31.3 Å². The molecule has 0 radical (unpaired) electrons. The van der Waals surface area contributed by atoms with Crippen LogP contribution in [0.1, 0.15) is 36.1 Å². The predicted molar refractivity (Wildman–Crippen MR) is 143 cm³/mol. The number of amides is 1. The number of Topliss-reactive ketones (excluding diaryl/α,β-unsaturated/α-hetero) is 1. The Kier molecular flexibility index (Phi) is 7.89. The average molecular weight is 533 g/mol. The maximum absolute atomic E-state index is 13.5. The molecule has 194 valence electrons. The molecule has 38 heavy (non-hydrogen) atoms. The molecule has 3 aromatic carbocycles. The molecule has 1 heterocycles. The van der Waals surface area contributed by atoms with Crippen molar-refractivity contribution in [2.45, 2.75) is 19.4 Å². The third-order valence-corrected chi connectivity index (χ3v) is 6.39. The number of benzene rings is 3. The second kappa shape index (κ2) is 11.3. The second-order valence-corrected chi connectivity index (χ2v) is 8.84. The van der Waals surface area contributed by atoms with Gasteiger partial charge in [-0.1, -0.05) is 30.7 Å². The molecule has 1 unspecified atom stereocenters. The molecule has 0 spiro atoms. The summed E-state index contributed by atoms with van der Waals surface area (Å²) < 4.78 is 16.5. The van der Waals surface area contributed by atoms with Crippen LogP contribution < -0.4 is 19.1 Å². The van der Waals surface area contributed by atoms with E-state index in [-0.39, 0.29) is 21.9 Å². The van der Waals surface area contributed by atoms with Crippen LogP contribution in [0.15, 0.2) is 66.2 Å². The van der Waals surface area contributed by atoms with Crippen LogP contribution in [0.25, 0.3) is 5.76 Å². The number of aliphatic hydroxyl groups excluding tert-OH is 1. The van der Waals surface area contributed by atoms with E-state index in [1.54, 1.807) is 48.5 Å². The van der Waals surface area contributed by atoms with E-state index in [0.717, 1.165) is 6.42 Å². The maximum Gasteiger partial charge on any atom is 0.300 e. The first-order chi connectivity index (χ1) is 18.3. The van der Waals surface area contributed by atoms with Gasteiger partial charge >= 0.3 is 0 Å². The van der Waals surface area contributed by atoms with Crippen molar-refractivity contribution in [1.29, 1.82) is 5.26 Å². The molecule has 1 atom stereocenters. The summed E-state index contributed by atoms with van der Waals surface area (Å²) in [6.07, 6.45) is 0.798. The first-order valence-electron chi connectivity index (χ1n) is 11.8. The Bertz CT molecular complexity index is 1460. The molecule has 1 saturated heterocycles. The number of rotatable bonds is 8. The third-order valence-electron chi connectivity index (χ3n) is 6.09. The molecule has 0 aromatic heterocycles. The molecule has 8 nitrogen and oxygen atoms in total. The van der Waals surface area contributed by atoms with Gasteiger partial charge in [-0.2, -0.15) is 5.26 Å². The second-order valence-electron chi connectivity index (χ2n) is 8.44. The van der Waals surface area contributed by atoms with Crippen LogP contribution in [0.2, 0.25) is 5.02 Å². The Morgan fingerprint density at radius 2 is 1.76 bits per heavy atom. The number of ether oxygens (including phenoxy) is 3. The normalized spacial score (nSPS) is 16.3. The zero-order valence-electron chi connectivity index (χ0n) is 21.0. The molecule has 1 aliphatic heterocycles. The van der Waals surface area contributed by atoms with Gasteiger partial charge in [-0.05, 0) is 54.4 Å². The summed E-state index contributed by atoms with van der Waals surface area (Å²) in [7, 11) is 2.84. The van der Waals surface area contributed by atoms with Crippen molar-refractivity contribution in [3.05, 3.63) is 87.9 Å². The van der Waals surface area contributed by atoms with Crippen molar-refractivity contribution in [3.8, 4) is 23.3 Å². The van der Waals surface area contributed by atoms with Crippen LogP contribution in [0.4, 0.5) is 5.69 Å². The summed E-state index contributed by atoms with van der Waals surface area (Å²) in [5, 5.41) is 20.9. The molecular formula is C29H25ClN2O6. The van der Waals surface area contributed by atoms with Gasteiger partial charge in [-0.25, -0.2) is 0 Å². The number of ketones is 1. The molecule has 1 fully saturated rings. The molecule has 4 rings (SSSR count). The fourth-order valence-electron chi connectivity index (χ4n) is 4.30. The molecule has 3 aromatic rings. The lowest BCUT2D eigenvalue weighted by Gasteiger charge is -2.26. The van der Waals surface area contributed by atoms with Crippen molar-refractivity contribution < 1.29 is 28.9 Å². The molecule has 9 heteroatoms. The number of anilines is 1. The zero-order valence-corrected chi connectivity index (χ0v) is 21.8. The van der Waals surface area contributed by atoms with Gasteiger partial charge in [0.1, 0.15) is 23.0 Å². The number of hydrogen-bond donors (Lipinski definition) is 1. The zero-order chi connectivity index (χ0) is 27.4. The van der Waals surface area contributed by atoms with E-state index in [4.69, 9.17) is 25.8 Å². The van der Waals surface area contributed by atoms with Gasteiger partial charge in [-0.15, -0.1) is 0 Å². The first-order valence-corrected chi connectivity index (χ1v) is 12.2. The van der Waals surface area contributed by atoms with Crippen molar-refractivity contribution in [2.24, 2.45) is 0 Å². The highest BCUT2D eigenvalue weighted by atomic mass is 35.5. The number of nitrogens with zero attached hydrogens (tertiary/aromatic N) is 2. The van der Waals surface area contributed by atoms with Crippen molar-refractivity contribution >= 4 is 34.7 Å². The summed E-state index contributed by atoms with van der Waals surface area (Å²) in [5.41, 5.74) is 1.30. The fraction of sp³-hybridized carbons (Fsp3) is 0.207. The maximum atomic E-state index is 13.5. The quantitative estimate of drug-likeness (QED) is 0.227. The van der Waals surface area contributed by atoms with Gasteiger partial charge in [0.25, 0.3) is 11.7 Å². The van der Waals surface area contributed by atoms with Crippen LogP contribution in [0, 0.1) is 11.3 Å². The predicted octanol–water partition coefficient (Wildman–Crippen LogP) is 5.64. The summed E-state index contributed by atoms with van der Waals surface area (Å²) in [6, 6.07) is 17.2. The van der Waals surface area contributed by atoms with E-state index < -0.39 is 23.5 Å². The number of aliphatic hydroxyl groups is 1. The highest BCUT2D eigenvalue weighted by molar-refractivity contribution is 6.51. The van der Waals surface area contributed by atoms with Gasteiger partial charge in [-0.3, -0.25) is 14.5 Å². The topological polar surface area (TPSA) is 109 Å². The minimum Gasteiger partial charge on any atom is -0.507 e. The molecular weight excluding hydrogens is 508 g/mol. The Morgan fingerprint density at radius 3 is 2.39 bits per heavy atom. The number of halogens is 1. The van der Waals surface area contributed by atoms with Gasteiger partial charge in [0.05, 0.1) is 54.7 Å². The smallest absolute Gasteiger partial charge is 0.300 e. The van der Waals surface area contributed by atoms with Crippen molar-refractivity contribution in [3.63, 3.8) is 0 Å². The third kappa shape index (κ3) is 4.89. The molecule has 1 amide bonds. The minimum absolute atomic E-state index is 0.125. The van der Waals surface area contributed by atoms with Gasteiger partial charge in [0.2, 0.25) is 0 Å². The number of carbonyl (C=O) groups is 2. The van der Waals surface area contributed by atoms with E-state index in [0.29, 0.717) is 34.9 Å². The van der Waals surface area contributed by atoms with E-state index in [1.807, 2.05) is 13.0 Å². The molecule has 0 saturated carbocycles. The monoisotopic (exact) mass is 532 g/mol. The van der Waals surface area contributed by atoms with Crippen molar-refractivity contribution in [1.82, 2.24) is 0 Å². The number of hydrogen-bond acceptors (Lipinski definition) is 7. The molecule has 1 N–H and O–H groups in total. The number of nitriles is 1. The highest BCUT2D eigenvalue weighted by Crippen LogP contribution is 2.45. The van der Waals surface area contributed by atoms with Crippen LogP contribution in [0.3, 0.4) is 0 Å². The summed E-state index contributed by atoms with van der Waals surface area (Å²) in [5.74, 6) is -1.10. The van der Waals surface area contributed by atoms with Gasteiger partial charge < -0.3 is 19.3 Å². The van der Waals surface area contributed by atoms with Gasteiger partial charge in [0, 0.05) is 11.8 Å². The van der Waals surface area contributed by atoms with Crippen molar-refractivity contribution in [2.75, 3.05) is 25.7 Å². The van der Waals surface area contributed by atoms with Crippen LogP contribution in [-0.4, -0.2) is 37.6 Å². The lowest BCUT2D eigenvalue weighted by atomic mass is 9.94. The molecule has 1 aliphatic rings. The number of carbonyl (C=O) groups excluding carboxylic acids is 2. The first kappa shape index (κ1) is 26.6.